The fraction of sp³-hybridized carbons (Fsp3) is 0.278. The summed E-state index contributed by atoms with van der Waals surface area (Å²) in [6, 6.07) is 12.5. The van der Waals surface area contributed by atoms with Crippen molar-refractivity contribution in [2.24, 2.45) is 5.73 Å². The predicted molar refractivity (Wildman–Crippen MR) is 102 cm³/mol. The fourth-order valence-corrected chi connectivity index (χ4v) is 4.05. The van der Waals surface area contributed by atoms with E-state index in [4.69, 9.17) is 17.3 Å². The van der Waals surface area contributed by atoms with Crippen LogP contribution in [0.2, 0.25) is 5.02 Å². The van der Waals surface area contributed by atoms with Crippen LogP contribution in [0.3, 0.4) is 0 Å². The molecule has 6 nitrogen and oxygen atoms in total. The normalized spacial score (nSPS) is 15.7. The Balaban J connectivity index is 1.85. The van der Waals surface area contributed by atoms with Crippen LogP contribution >= 0.6 is 11.6 Å². The van der Waals surface area contributed by atoms with Crippen LogP contribution in [0, 0.1) is 0 Å². The molecule has 0 spiro atoms. The van der Waals surface area contributed by atoms with Crippen LogP contribution in [0.4, 0.5) is 5.69 Å². The topological polar surface area (TPSA) is 92.5 Å². The molecule has 8 heteroatoms. The van der Waals surface area contributed by atoms with E-state index in [0.29, 0.717) is 23.7 Å². The zero-order chi connectivity index (χ0) is 18.7. The summed E-state index contributed by atoms with van der Waals surface area (Å²) in [5.74, 6) is -0.202. The van der Waals surface area contributed by atoms with Gasteiger partial charge in [0, 0.05) is 24.2 Å². The highest BCUT2D eigenvalue weighted by atomic mass is 35.5. The van der Waals surface area contributed by atoms with Crippen molar-refractivity contribution >= 4 is 33.2 Å². The molecule has 0 saturated carbocycles. The summed E-state index contributed by atoms with van der Waals surface area (Å²) in [7, 11) is -3.82. The number of nitrogens with two attached hydrogens (primary N) is 1. The Labute approximate surface area is 158 Å². The molecule has 2 aromatic carbocycles. The standard InChI is InChI=1S/C18H20ClN3O3S/c19-13-5-7-15(8-6-13)26(24,25)21-17-4-2-1-3-16(17)18(23)22-11-9-14(20)10-12-22/h1-8,14,21H,9-12,20H2. The number of carbonyl (C=O) groups excluding carboxylic acids is 1. The molecule has 26 heavy (non-hydrogen) atoms. The highest BCUT2D eigenvalue weighted by Crippen LogP contribution is 2.23. The molecule has 3 N–H and O–H groups in total. The monoisotopic (exact) mass is 393 g/mol. The zero-order valence-electron chi connectivity index (χ0n) is 14.1. The molecule has 0 aliphatic carbocycles. The van der Waals surface area contributed by atoms with Gasteiger partial charge in [0.25, 0.3) is 15.9 Å². The second kappa shape index (κ2) is 7.65. The van der Waals surface area contributed by atoms with Gasteiger partial charge >= 0.3 is 0 Å². The number of amides is 1. The number of para-hydroxylation sites is 1. The Hall–Kier alpha value is -2.09. The Kier molecular flexibility index (Phi) is 5.50. The van der Waals surface area contributed by atoms with Gasteiger partial charge in [-0.05, 0) is 49.2 Å². The Morgan fingerprint density at radius 3 is 2.35 bits per heavy atom. The number of nitrogens with zero attached hydrogens (tertiary/aromatic N) is 1. The number of hydrogen-bond donors (Lipinski definition) is 2. The smallest absolute Gasteiger partial charge is 0.261 e. The SMILES string of the molecule is NC1CCN(C(=O)c2ccccc2NS(=O)(=O)c2ccc(Cl)cc2)CC1. The highest BCUT2D eigenvalue weighted by Gasteiger charge is 2.25. The highest BCUT2D eigenvalue weighted by molar-refractivity contribution is 7.92. The second-order valence-electron chi connectivity index (χ2n) is 6.23. The molecule has 138 valence electrons. The first kappa shape index (κ1) is 18.7. The molecule has 0 atom stereocenters. The van der Waals surface area contributed by atoms with Gasteiger partial charge in [-0.3, -0.25) is 9.52 Å². The van der Waals surface area contributed by atoms with Crippen LogP contribution in [0.15, 0.2) is 53.4 Å². The van der Waals surface area contributed by atoms with E-state index in [-0.39, 0.29) is 22.5 Å². The summed E-state index contributed by atoms with van der Waals surface area (Å²) >= 11 is 5.81. The first-order valence-electron chi connectivity index (χ1n) is 8.29. The quantitative estimate of drug-likeness (QED) is 0.835. The van der Waals surface area contributed by atoms with Gasteiger partial charge in [-0.25, -0.2) is 8.42 Å². The lowest BCUT2D eigenvalue weighted by molar-refractivity contribution is 0.0716. The van der Waals surface area contributed by atoms with E-state index in [2.05, 4.69) is 4.72 Å². The van der Waals surface area contributed by atoms with Gasteiger partial charge < -0.3 is 10.6 Å². The lowest BCUT2D eigenvalue weighted by Crippen LogP contribution is -2.43. The van der Waals surface area contributed by atoms with Crippen LogP contribution in [0.1, 0.15) is 23.2 Å². The van der Waals surface area contributed by atoms with Crippen molar-refractivity contribution in [3.05, 3.63) is 59.1 Å². The Morgan fingerprint density at radius 2 is 1.69 bits per heavy atom. The minimum absolute atomic E-state index is 0.0769. The number of rotatable bonds is 4. The van der Waals surface area contributed by atoms with E-state index < -0.39 is 10.0 Å². The summed E-state index contributed by atoms with van der Waals surface area (Å²) in [6.07, 6.45) is 1.48. The largest absolute Gasteiger partial charge is 0.338 e. The number of hydrogen-bond acceptors (Lipinski definition) is 4. The van der Waals surface area contributed by atoms with Gasteiger partial charge in [0.1, 0.15) is 0 Å². The van der Waals surface area contributed by atoms with Crippen LogP contribution in [-0.2, 0) is 10.0 Å². The lowest BCUT2D eigenvalue weighted by atomic mass is 10.0. The molecule has 1 aliphatic heterocycles. The molecule has 0 radical (unpaired) electrons. The minimum Gasteiger partial charge on any atom is -0.338 e. The molecule has 1 heterocycles. The van der Waals surface area contributed by atoms with Gasteiger partial charge in [0.2, 0.25) is 0 Å². The van der Waals surface area contributed by atoms with Crippen LogP contribution in [0.5, 0.6) is 0 Å². The number of halogens is 1. The number of likely N-dealkylation sites (tertiary alicyclic amines) is 1. The first-order valence-corrected chi connectivity index (χ1v) is 10.2. The second-order valence-corrected chi connectivity index (χ2v) is 8.35. The zero-order valence-corrected chi connectivity index (χ0v) is 15.6. The van der Waals surface area contributed by atoms with Crippen molar-refractivity contribution in [1.82, 2.24) is 4.90 Å². The third-order valence-electron chi connectivity index (χ3n) is 4.35. The molecule has 1 aliphatic rings. The van der Waals surface area contributed by atoms with Gasteiger partial charge in [-0.2, -0.15) is 0 Å². The van der Waals surface area contributed by atoms with Crippen molar-refractivity contribution in [2.45, 2.75) is 23.8 Å². The number of anilines is 1. The van der Waals surface area contributed by atoms with Crippen LogP contribution < -0.4 is 10.5 Å². The van der Waals surface area contributed by atoms with Crippen molar-refractivity contribution in [3.8, 4) is 0 Å². The van der Waals surface area contributed by atoms with E-state index in [1.807, 2.05) is 0 Å². The van der Waals surface area contributed by atoms with Crippen LogP contribution in [-0.4, -0.2) is 38.4 Å². The molecule has 0 bridgehead atoms. The Bertz CT molecular complexity index is 892. The molecule has 1 saturated heterocycles. The maximum absolute atomic E-state index is 12.8. The third kappa shape index (κ3) is 4.17. The molecular weight excluding hydrogens is 374 g/mol. The van der Waals surface area contributed by atoms with E-state index in [9.17, 15) is 13.2 Å². The average molecular weight is 394 g/mol. The van der Waals surface area contributed by atoms with Gasteiger partial charge in [0.05, 0.1) is 16.1 Å². The van der Waals surface area contributed by atoms with E-state index in [0.717, 1.165) is 12.8 Å². The molecule has 0 unspecified atom stereocenters. The number of piperidine rings is 1. The number of benzene rings is 2. The summed E-state index contributed by atoms with van der Waals surface area (Å²) < 4.78 is 27.7. The van der Waals surface area contributed by atoms with E-state index >= 15 is 0 Å². The molecule has 3 rings (SSSR count). The summed E-state index contributed by atoms with van der Waals surface area (Å²) in [6.45, 7) is 1.14. The average Bonchev–Trinajstić information content (AvgIpc) is 2.62. The molecule has 0 aromatic heterocycles. The van der Waals surface area contributed by atoms with Crippen LogP contribution in [0.25, 0.3) is 0 Å². The first-order chi connectivity index (χ1) is 12.4. The minimum atomic E-state index is -3.82. The van der Waals surface area contributed by atoms with Gasteiger partial charge in [0.15, 0.2) is 0 Å². The number of nitrogens with one attached hydrogen (secondary N) is 1. The van der Waals surface area contributed by atoms with Crippen molar-refractivity contribution in [3.63, 3.8) is 0 Å². The summed E-state index contributed by atoms with van der Waals surface area (Å²) in [4.78, 5) is 14.6. The van der Waals surface area contributed by atoms with E-state index in [1.54, 1.807) is 29.2 Å². The molecule has 2 aromatic rings. The predicted octanol–water partition coefficient (Wildman–Crippen LogP) is 2.70. The Morgan fingerprint density at radius 1 is 1.08 bits per heavy atom. The van der Waals surface area contributed by atoms with Crippen molar-refractivity contribution < 1.29 is 13.2 Å². The molecular formula is C18H20ClN3O3S. The summed E-state index contributed by atoms with van der Waals surface area (Å²) in [5, 5.41) is 0.447. The lowest BCUT2D eigenvalue weighted by Gasteiger charge is -2.30. The fourth-order valence-electron chi connectivity index (χ4n) is 2.85. The van der Waals surface area contributed by atoms with Gasteiger partial charge in [-0.15, -0.1) is 0 Å². The van der Waals surface area contributed by atoms with Crippen molar-refractivity contribution in [1.29, 1.82) is 0 Å². The maximum atomic E-state index is 12.8. The van der Waals surface area contributed by atoms with Crippen molar-refractivity contribution in [2.75, 3.05) is 17.8 Å². The third-order valence-corrected chi connectivity index (χ3v) is 5.99. The number of carbonyl (C=O) groups is 1. The summed E-state index contributed by atoms with van der Waals surface area (Å²) in [5.41, 5.74) is 6.46. The van der Waals surface area contributed by atoms with Gasteiger partial charge in [-0.1, -0.05) is 23.7 Å². The number of sulfonamides is 1. The molecule has 1 amide bonds. The van der Waals surface area contributed by atoms with E-state index in [1.165, 1.54) is 24.3 Å². The maximum Gasteiger partial charge on any atom is 0.261 e. The molecule has 1 fully saturated rings.